The second-order valence-corrected chi connectivity index (χ2v) is 5.40. The van der Waals surface area contributed by atoms with Crippen LogP contribution in [0.1, 0.15) is 11.1 Å². The van der Waals surface area contributed by atoms with Crippen LogP contribution < -0.4 is 20.1 Å². The molecule has 0 aliphatic heterocycles. The van der Waals surface area contributed by atoms with E-state index in [1.54, 1.807) is 14.2 Å². The first-order chi connectivity index (χ1) is 11.7. The number of carbonyl (C=O) groups is 1. The van der Waals surface area contributed by atoms with Gasteiger partial charge in [0.15, 0.2) is 0 Å². The second kappa shape index (κ2) is 9.57. The first kappa shape index (κ1) is 17.8. The molecule has 2 aromatic rings. The lowest BCUT2D eigenvalue weighted by atomic mass is 10.1. The Morgan fingerprint density at radius 3 is 1.96 bits per heavy atom. The van der Waals surface area contributed by atoms with E-state index in [4.69, 9.17) is 9.47 Å². The van der Waals surface area contributed by atoms with Crippen LogP contribution in [0.2, 0.25) is 0 Å². The number of methoxy groups -OCH3 is 2. The van der Waals surface area contributed by atoms with Gasteiger partial charge in [-0.3, -0.25) is 4.79 Å². The van der Waals surface area contributed by atoms with E-state index < -0.39 is 0 Å². The average molecular weight is 328 g/mol. The van der Waals surface area contributed by atoms with Crippen molar-refractivity contribution >= 4 is 5.91 Å². The third-order valence-corrected chi connectivity index (χ3v) is 3.68. The number of carbonyl (C=O) groups excluding carboxylic acids is 1. The quantitative estimate of drug-likeness (QED) is 0.693. The Bertz CT molecular complexity index is 624. The zero-order valence-corrected chi connectivity index (χ0v) is 14.2. The maximum atomic E-state index is 11.8. The summed E-state index contributed by atoms with van der Waals surface area (Å²) in [6, 6.07) is 15.6. The molecule has 0 spiro atoms. The molecular formula is C19H24N2O3. The molecular weight excluding hydrogens is 304 g/mol. The van der Waals surface area contributed by atoms with Crippen molar-refractivity contribution in [2.45, 2.75) is 13.0 Å². The SMILES string of the molecule is COc1ccc(CCNCC(=O)NCc2ccc(OC)cc2)cc1. The molecule has 1 amide bonds. The van der Waals surface area contributed by atoms with E-state index in [-0.39, 0.29) is 5.91 Å². The summed E-state index contributed by atoms with van der Waals surface area (Å²) in [5, 5.41) is 6.04. The summed E-state index contributed by atoms with van der Waals surface area (Å²) in [6.45, 7) is 1.58. The number of amides is 1. The second-order valence-electron chi connectivity index (χ2n) is 5.40. The lowest BCUT2D eigenvalue weighted by molar-refractivity contribution is -0.120. The van der Waals surface area contributed by atoms with Crippen LogP contribution in [0.15, 0.2) is 48.5 Å². The van der Waals surface area contributed by atoms with Crippen LogP contribution in [-0.2, 0) is 17.8 Å². The summed E-state index contributed by atoms with van der Waals surface area (Å²) in [4.78, 5) is 11.8. The van der Waals surface area contributed by atoms with Crippen molar-refractivity contribution in [1.29, 1.82) is 0 Å². The molecule has 5 nitrogen and oxygen atoms in total. The zero-order chi connectivity index (χ0) is 17.2. The molecule has 128 valence electrons. The van der Waals surface area contributed by atoms with Crippen molar-refractivity contribution in [2.75, 3.05) is 27.3 Å². The summed E-state index contributed by atoms with van der Waals surface area (Å²) >= 11 is 0. The minimum absolute atomic E-state index is 0.0134. The number of hydrogen-bond acceptors (Lipinski definition) is 4. The van der Waals surface area contributed by atoms with Gasteiger partial charge in [0.1, 0.15) is 11.5 Å². The smallest absolute Gasteiger partial charge is 0.234 e. The van der Waals surface area contributed by atoms with Crippen LogP contribution in [0.25, 0.3) is 0 Å². The number of nitrogens with one attached hydrogen (secondary N) is 2. The molecule has 0 bridgehead atoms. The Labute approximate surface area is 143 Å². The molecule has 0 fully saturated rings. The van der Waals surface area contributed by atoms with Crippen molar-refractivity contribution in [3.05, 3.63) is 59.7 Å². The third-order valence-electron chi connectivity index (χ3n) is 3.68. The minimum Gasteiger partial charge on any atom is -0.497 e. The van der Waals surface area contributed by atoms with Gasteiger partial charge in [0.25, 0.3) is 0 Å². The maximum Gasteiger partial charge on any atom is 0.234 e. The molecule has 2 rings (SSSR count). The lowest BCUT2D eigenvalue weighted by Gasteiger charge is -2.08. The summed E-state index contributed by atoms with van der Waals surface area (Å²) in [5.41, 5.74) is 2.25. The van der Waals surface area contributed by atoms with Crippen molar-refractivity contribution in [3.8, 4) is 11.5 Å². The number of hydrogen-bond donors (Lipinski definition) is 2. The predicted molar refractivity (Wildman–Crippen MR) is 94.4 cm³/mol. The first-order valence-corrected chi connectivity index (χ1v) is 7.94. The van der Waals surface area contributed by atoms with E-state index in [1.165, 1.54) is 5.56 Å². The first-order valence-electron chi connectivity index (χ1n) is 7.94. The van der Waals surface area contributed by atoms with E-state index >= 15 is 0 Å². The highest BCUT2D eigenvalue weighted by molar-refractivity contribution is 5.77. The molecule has 0 radical (unpaired) electrons. The normalized spacial score (nSPS) is 10.2. The molecule has 0 saturated carbocycles. The van der Waals surface area contributed by atoms with Gasteiger partial charge in [0.05, 0.1) is 20.8 Å². The van der Waals surface area contributed by atoms with Crippen molar-refractivity contribution < 1.29 is 14.3 Å². The fraction of sp³-hybridized carbons (Fsp3) is 0.316. The monoisotopic (exact) mass is 328 g/mol. The summed E-state index contributed by atoms with van der Waals surface area (Å²) in [7, 11) is 3.29. The van der Waals surface area contributed by atoms with Gasteiger partial charge in [0.2, 0.25) is 5.91 Å². The molecule has 24 heavy (non-hydrogen) atoms. The van der Waals surface area contributed by atoms with Gasteiger partial charge in [-0.15, -0.1) is 0 Å². The molecule has 2 N–H and O–H groups in total. The molecule has 5 heteroatoms. The molecule has 0 aliphatic carbocycles. The Morgan fingerprint density at radius 2 is 1.42 bits per heavy atom. The largest absolute Gasteiger partial charge is 0.497 e. The van der Waals surface area contributed by atoms with Gasteiger partial charge in [0, 0.05) is 6.54 Å². The molecule has 0 heterocycles. The Kier molecular flexibility index (Phi) is 7.11. The zero-order valence-electron chi connectivity index (χ0n) is 14.2. The molecule has 0 atom stereocenters. The van der Waals surface area contributed by atoms with E-state index in [9.17, 15) is 4.79 Å². The molecule has 0 aromatic heterocycles. The van der Waals surface area contributed by atoms with Gasteiger partial charge in [-0.2, -0.15) is 0 Å². The van der Waals surface area contributed by atoms with Crippen molar-refractivity contribution in [3.63, 3.8) is 0 Å². The van der Waals surface area contributed by atoms with Crippen molar-refractivity contribution in [2.24, 2.45) is 0 Å². The third kappa shape index (κ3) is 5.93. The molecule has 0 unspecified atom stereocenters. The summed E-state index contributed by atoms with van der Waals surface area (Å²) in [5.74, 6) is 1.65. The topological polar surface area (TPSA) is 59.6 Å². The average Bonchev–Trinajstić information content (AvgIpc) is 2.64. The number of benzene rings is 2. The summed E-state index contributed by atoms with van der Waals surface area (Å²) < 4.78 is 10.2. The number of ether oxygens (including phenoxy) is 2. The molecule has 2 aromatic carbocycles. The van der Waals surface area contributed by atoms with Crippen LogP contribution >= 0.6 is 0 Å². The van der Waals surface area contributed by atoms with Gasteiger partial charge in [-0.05, 0) is 48.4 Å². The van der Waals surface area contributed by atoms with Gasteiger partial charge < -0.3 is 20.1 Å². The number of rotatable bonds is 9. The van der Waals surface area contributed by atoms with Crippen LogP contribution in [0.4, 0.5) is 0 Å². The highest BCUT2D eigenvalue weighted by atomic mass is 16.5. The van der Waals surface area contributed by atoms with Gasteiger partial charge in [-0.25, -0.2) is 0 Å². The molecule has 0 saturated heterocycles. The fourth-order valence-corrected chi connectivity index (χ4v) is 2.23. The highest BCUT2D eigenvalue weighted by Crippen LogP contribution is 2.11. The summed E-state index contributed by atoms with van der Waals surface area (Å²) in [6.07, 6.45) is 0.871. The van der Waals surface area contributed by atoms with Crippen LogP contribution in [0.5, 0.6) is 11.5 Å². The standard InChI is InChI=1S/C19H24N2O3/c1-23-17-7-3-15(4-8-17)11-12-20-14-19(22)21-13-16-5-9-18(24-2)10-6-16/h3-10,20H,11-14H2,1-2H3,(H,21,22). The van der Waals surface area contributed by atoms with Crippen LogP contribution in [-0.4, -0.2) is 33.2 Å². The van der Waals surface area contributed by atoms with Gasteiger partial charge in [-0.1, -0.05) is 24.3 Å². The van der Waals surface area contributed by atoms with E-state index in [0.717, 1.165) is 30.0 Å². The minimum atomic E-state index is -0.0134. The van der Waals surface area contributed by atoms with E-state index in [0.29, 0.717) is 13.1 Å². The predicted octanol–water partition coefficient (Wildman–Crippen LogP) is 2.15. The Morgan fingerprint density at radius 1 is 0.875 bits per heavy atom. The van der Waals surface area contributed by atoms with E-state index in [1.807, 2.05) is 48.5 Å². The van der Waals surface area contributed by atoms with Crippen LogP contribution in [0.3, 0.4) is 0 Å². The Balaban J connectivity index is 1.62. The highest BCUT2D eigenvalue weighted by Gasteiger charge is 2.01. The molecule has 0 aliphatic rings. The maximum absolute atomic E-state index is 11.8. The van der Waals surface area contributed by atoms with Crippen LogP contribution in [0, 0.1) is 0 Å². The lowest BCUT2D eigenvalue weighted by Crippen LogP contribution is -2.34. The van der Waals surface area contributed by atoms with Crippen molar-refractivity contribution in [1.82, 2.24) is 10.6 Å². The fourth-order valence-electron chi connectivity index (χ4n) is 2.23. The van der Waals surface area contributed by atoms with E-state index in [2.05, 4.69) is 10.6 Å². The van der Waals surface area contributed by atoms with Gasteiger partial charge >= 0.3 is 0 Å². The Hall–Kier alpha value is -2.53.